The molecule has 1 aliphatic carbocycles. The molecule has 0 spiro atoms. The monoisotopic (exact) mass is 199 g/mol. The van der Waals surface area contributed by atoms with Crippen molar-refractivity contribution in [3.63, 3.8) is 0 Å². The number of carboxylic acid groups (broad SMARTS) is 1. The molecule has 0 bridgehead atoms. The topological polar surface area (TPSA) is 63.3 Å². The van der Waals surface area contributed by atoms with Crippen molar-refractivity contribution < 1.29 is 9.90 Å². The van der Waals surface area contributed by atoms with Gasteiger partial charge in [0.05, 0.1) is 0 Å². The van der Waals surface area contributed by atoms with Crippen molar-refractivity contribution in [2.75, 3.05) is 0 Å². The van der Waals surface area contributed by atoms with E-state index in [4.69, 9.17) is 10.8 Å². The second kappa shape index (κ2) is 4.30. The Morgan fingerprint density at radius 2 is 2.21 bits per heavy atom. The van der Waals surface area contributed by atoms with E-state index in [2.05, 4.69) is 6.92 Å². The second-order valence-electron chi connectivity index (χ2n) is 4.93. The Balaban J connectivity index is 2.28. The highest BCUT2D eigenvalue weighted by Gasteiger charge is 2.30. The first kappa shape index (κ1) is 11.5. The van der Waals surface area contributed by atoms with Gasteiger partial charge < -0.3 is 10.8 Å². The van der Waals surface area contributed by atoms with Crippen LogP contribution >= 0.6 is 0 Å². The van der Waals surface area contributed by atoms with Crippen molar-refractivity contribution in [2.24, 2.45) is 17.6 Å². The first-order valence-corrected chi connectivity index (χ1v) is 5.46. The third-order valence-corrected chi connectivity index (χ3v) is 3.56. The molecule has 0 aromatic heterocycles. The maximum Gasteiger partial charge on any atom is 0.323 e. The van der Waals surface area contributed by atoms with Crippen molar-refractivity contribution in [2.45, 2.75) is 51.5 Å². The molecule has 2 atom stereocenters. The Labute approximate surface area is 85.7 Å². The zero-order chi connectivity index (χ0) is 10.8. The van der Waals surface area contributed by atoms with Crippen LogP contribution in [0.25, 0.3) is 0 Å². The highest BCUT2D eigenvalue weighted by atomic mass is 16.4. The van der Waals surface area contributed by atoms with Crippen LogP contribution in [0.1, 0.15) is 46.0 Å². The van der Waals surface area contributed by atoms with E-state index in [1.54, 1.807) is 6.92 Å². The summed E-state index contributed by atoms with van der Waals surface area (Å²) in [4.78, 5) is 10.8. The minimum absolute atomic E-state index is 0.583. The van der Waals surface area contributed by atoms with Gasteiger partial charge in [-0.05, 0) is 31.6 Å². The Hall–Kier alpha value is -0.570. The van der Waals surface area contributed by atoms with Crippen LogP contribution in [0.5, 0.6) is 0 Å². The zero-order valence-corrected chi connectivity index (χ0v) is 9.12. The lowest BCUT2D eigenvalue weighted by Gasteiger charge is -2.32. The fraction of sp³-hybridized carbons (Fsp3) is 0.909. The molecule has 0 saturated heterocycles. The number of hydrogen-bond donors (Lipinski definition) is 2. The zero-order valence-electron chi connectivity index (χ0n) is 9.12. The summed E-state index contributed by atoms with van der Waals surface area (Å²) in [5, 5.41) is 8.84. The minimum atomic E-state index is -1.04. The summed E-state index contributed by atoms with van der Waals surface area (Å²) in [7, 11) is 0. The smallest absolute Gasteiger partial charge is 0.323 e. The maximum atomic E-state index is 10.8. The molecule has 0 amide bonds. The summed E-state index contributed by atoms with van der Waals surface area (Å²) in [6.07, 6.45) is 5.49. The molecule has 0 aromatic rings. The number of carboxylic acids is 1. The lowest BCUT2D eigenvalue weighted by Crippen LogP contribution is -2.45. The summed E-state index contributed by atoms with van der Waals surface area (Å²) in [6, 6.07) is 0. The molecule has 82 valence electrons. The maximum absolute atomic E-state index is 10.8. The Morgan fingerprint density at radius 3 is 2.57 bits per heavy atom. The Morgan fingerprint density at radius 1 is 1.64 bits per heavy atom. The van der Waals surface area contributed by atoms with E-state index in [1.807, 2.05) is 0 Å². The summed E-state index contributed by atoms with van der Waals surface area (Å²) >= 11 is 0. The molecule has 1 rings (SSSR count). The molecular formula is C11H21NO2. The van der Waals surface area contributed by atoms with Crippen molar-refractivity contribution in [3.8, 4) is 0 Å². The standard InChI is InChI=1S/C11H21NO2/c1-8(9-4-3-5-9)6-7-11(2,12)10(13)14/h8-9H,3-7,12H2,1-2H3,(H,13,14). The fourth-order valence-corrected chi connectivity index (χ4v) is 1.88. The third kappa shape index (κ3) is 2.71. The van der Waals surface area contributed by atoms with Crippen molar-refractivity contribution in [3.05, 3.63) is 0 Å². The molecule has 1 fully saturated rings. The molecule has 2 unspecified atom stereocenters. The number of aliphatic carboxylic acids is 1. The van der Waals surface area contributed by atoms with Gasteiger partial charge in [-0.1, -0.05) is 26.2 Å². The van der Waals surface area contributed by atoms with E-state index >= 15 is 0 Å². The molecule has 3 N–H and O–H groups in total. The summed E-state index contributed by atoms with van der Waals surface area (Å²) in [5.41, 5.74) is 4.62. The van der Waals surface area contributed by atoms with Gasteiger partial charge in [-0.15, -0.1) is 0 Å². The lowest BCUT2D eigenvalue weighted by atomic mass is 9.74. The molecule has 1 aliphatic rings. The van der Waals surface area contributed by atoms with E-state index in [9.17, 15) is 4.79 Å². The van der Waals surface area contributed by atoms with Crippen molar-refractivity contribution >= 4 is 5.97 Å². The van der Waals surface area contributed by atoms with Crippen LogP contribution in [0.15, 0.2) is 0 Å². The Kier molecular flexibility index (Phi) is 3.53. The van der Waals surface area contributed by atoms with E-state index in [0.717, 1.165) is 12.3 Å². The first-order chi connectivity index (χ1) is 6.43. The average Bonchev–Trinajstić information content (AvgIpc) is 1.97. The summed E-state index contributed by atoms with van der Waals surface area (Å²) in [6.45, 7) is 3.81. The molecule has 0 radical (unpaired) electrons. The van der Waals surface area contributed by atoms with E-state index in [0.29, 0.717) is 12.3 Å². The number of rotatable bonds is 5. The van der Waals surface area contributed by atoms with E-state index < -0.39 is 11.5 Å². The van der Waals surface area contributed by atoms with Gasteiger partial charge in [0, 0.05) is 0 Å². The van der Waals surface area contributed by atoms with Crippen LogP contribution in [0.4, 0.5) is 0 Å². The predicted octanol–water partition coefficient (Wildman–Crippen LogP) is 2.00. The van der Waals surface area contributed by atoms with Crippen LogP contribution in [0.2, 0.25) is 0 Å². The van der Waals surface area contributed by atoms with Gasteiger partial charge in [0.2, 0.25) is 0 Å². The van der Waals surface area contributed by atoms with Gasteiger partial charge in [0.25, 0.3) is 0 Å². The SMILES string of the molecule is CC(CCC(C)(N)C(=O)O)C1CCC1. The number of hydrogen-bond acceptors (Lipinski definition) is 2. The van der Waals surface area contributed by atoms with Gasteiger partial charge in [-0.25, -0.2) is 0 Å². The van der Waals surface area contributed by atoms with Gasteiger partial charge in [-0.3, -0.25) is 4.79 Å². The lowest BCUT2D eigenvalue weighted by molar-refractivity contribution is -0.143. The predicted molar refractivity (Wildman–Crippen MR) is 56.0 cm³/mol. The van der Waals surface area contributed by atoms with Gasteiger partial charge in [0.1, 0.15) is 5.54 Å². The average molecular weight is 199 g/mol. The largest absolute Gasteiger partial charge is 0.480 e. The minimum Gasteiger partial charge on any atom is -0.480 e. The van der Waals surface area contributed by atoms with Crippen LogP contribution in [-0.2, 0) is 4.79 Å². The van der Waals surface area contributed by atoms with Gasteiger partial charge in [-0.2, -0.15) is 0 Å². The number of nitrogens with two attached hydrogens (primary N) is 1. The normalized spacial score (nSPS) is 23.6. The number of carbonyl (C=O) groups is 1. The van der Waals surface area contributed by atoms with Crippen LogP contribution < -0.4 is 5.73 Å². The molecule has 3 nitrogen and oxygen atoms in total. The van der Waals surface area contributed by atoms with Crippen molar-refractivity contribution in [1.82, 2.24) is 0 Å². The van der Waals surface area contributed by atoms with E-state index in [1.165, 1.54) is 19.3 Å². The molecule has 0 heterocycles. The summed E-state index contributed by atoms with van der Waals surface area (Å²) < 4.78 is 0. The third-order valence-electron chi connectivity index (χ3n) is 3.56. The van der Waals surface area contributed by atoms with Crippen LogP contribution in [0.3, 0.4) is 0 Å². The first-order valence-electron chi connectivity index (χ1n) is 5.46. The molecular weight excluding hydrogens is 178 g/mol. The quantitative estimate of drug-likeness (QED) is 0.712. The highest BCUT2D eigenvalue weighted by Crippen LogP contribution is 2.36. The fourth-order valence-electron chi connectivity index (χ4n) is 1.88. The second-order valence-corrected chi connectivity index (χ2v) is 4.93. The van der Waals surface area contributed by atoms with Gasteiger partial charge >= 0.3 is 5.97 Å². The highest BCUT2D eigenvalue weighted by molar-refractivity contribution is 5.77. The Bertz CT molecular complexity index is 209. The molecule has 0 aromatic carbocycles. The van der Waals surface area contributed by atoms with E-state index in [-0.39, 0.29) is 0 Å². The van der Waals surface area contributed by atoms with Crippen molar-refractivity contribution in [1.29, 1.82) is 0 Å². The molecule has 1 saturated carbocycles. The molecule has 14 heavy (non-hydrogen) atoms. The van der Waals surface area contributed by atoms with Gasteiger partial charge in [0.15, 0.2) is 0 Å². The molecule has 3 heteroatoms. The summed E-state index contributed by atoms with van der Waals surface area (Å²) in [5.74, 6) is 0.559. The van der Waals surface area contributed by atoms with Crippen LogP contribution in [0, 0.1) is 11.8 Å². The van der Waals surface area contributed by atoms with Crippen LogP contribution in [-0.4, -0.2) is 16.6 Å². The molecule has 0 aliphatic heterocycles.